The van der Waals surface area contributed by atoms with Crippen LogP contribution in [0.2, 0.25) is 0 Å². The van der Waals surface area contributed by atoms with E-state index in [-0.39, 0.29) is 12.3 Å². The van der Waals surface area contributed by atoms with Crippen LogP contribution in [0, 0.1) is 5.92 Å². The Labute approximate surface area is 120 Å². The van der Waals surface area contributed by atoms with Crippen LogP contribution in [0.4, 0.5) is 0 Å². The fourth-order valence-corrected chi connectivity index (χ4v) is 3.22. The van der Waals surface area contributed by atoms with Crippen LogP contribution in [-0.4, -0.2) is 42.3 Å². The third kappa shape index (κ3) is 2.86. The lowest BCUT2D eigenvalue weighted by atomic mass is 9.75. The fourth-order valence-electron chi connectivity index (χ4n) is 3.22. The number of hydrogen-bond donors (Lipinski definition) is 1. The molecule has 0 radical (unpaired) electrons. The summed E-state index contributed by atoms with van der Waals surface area (Å²) >= 11 is 0. The fraction of sp³-hybridized carbons (Fsp3) is 0.562. The normalized spacial score (nSPS) is 19.8. The summed E-state index contributed by atoms with van der Waals surface area (Å²) in [5.41, 5.74) is 0.621. The average molecular weight is 277 g/mol. The Bertz CT molecular complexity index is 440. The molecule has 110 valence electrons. The minimum atomic E-state index is -0.756. The van der Waals surface area contributed by atoms with Gasteiger partial charge in [-0.15, -0.1) is 0 Å². The number of hydrogen-bond acceptors (Lipinski definition) is 3. The van der Waals surface area contributed by atoms with Crippen molar-refractivity contribution in [2.75, 3.05) is 26.3 Å². The van der Waals surface area contributed by atoms with E-state index in [2.05, 4.69) is 18.7 Å². The van der Waals surface area contributed by atoms with Gasteiger partial charge in [0.2, 0.25) is 0 Å². The first-order valence-corrected chi connectivity index (χ1v) is 7.17. The van der Waals surface area contributed by atoms with E-state index in [4.69, 9.17) is 4.74 Å². The van der Waals surface area contributed by atoms with Crippen molar-refractivity contribution in [3.8, 4) is 0 Å². The Morgan fingerprint density at radius 3 is 2.40 bits per heavy atom. The van der Waals surface area contributed by atoms with E-state index in [0.717, 1.165) is 18.7 Å². The highest BCUT2D eigenvalue weighted by molar-refractivity contribution is 5.69. The summed E-state index contributed by atoms with van der Waals surface area (Å²) in [6.07, 6.45) is 0.120. The molecule has 1 heterocycles. The van der Waals surface area contributed by atoms with E-state index in [9.17, 15) is 9.90 Å². The van der Waals surface area contributed by atoms with Crippen molar-refractivity contribution in [3.63, 3.8) is 0 Å². The smallest absolute Gasteiger partial charge is 0.305 e. The molecule has 1 aliphatic rings. The number of rotatable bonds is 5. The third-order valence-electron chi connectivity index (χ3n) is 4.22. The number of aliphatic carboxylic acids is 1. The Morgan fingerprint density at radius 2 is 1.90 bits per heavy atom. The molecule has 0 amide bonds. The summed E-state index contributed by atoms with van der Waals surface area (Å²) in [5.74, 6) is -0.548. The molecule has 2 rings (SSSR count). The zero-order valence-corrected chi connectivity index (χ0v) is 12.2. The second kappa shape index (κ2) is 6.37. The van der Waals surface area contributed by atoms with Crippen LogP contribution < -0.4 is 0 Å². The van der Waals surface area contributed by atoms with E-state index in [1.165, 1.54) is 0 Å². The van der Waals surface area contributed by atoms with Gasteiger partial charge in [-0.3, -0.25) is 9.69 Å². The number of carboxylic acids is 1. The molecule has 0 aromatic heterocycles. The van der Waals surface area contributed by atoms with Gasteiger partial charge < -0.3 is 9.84 Å². The monoisotopic (exact) mass is 277 g/mol. The number of morpholine rings is 1. The molecule has 20 heavy (non-hydrogen) atoms. The highest BCUT2D eigenvalue weighted by atomic mass is 16.5. The van der Waals surface area contributed by atoms with Gasteiger partial charge in [0.15, 0.2) is 0 Å². The molecule has 1 atom stereocenters. The number of nitrogens with zero attached hydrogens (tertiary/aromatic N) is 1. The molecule has 1 N–H and O–H groups in total. The Kier molecular flexibility index (Phi) is 4.78. The number of carbonyl (C=O) groups is 1. The second-order valence-electron chi connectivity index (χ2n) is 5.61. The van der Waals surface area contributed by atoms with Crippen LogP contribution in [0.1, 0.15) is 25.8 Å². The van der Waals surface area contributed by atoms with Crippen LogP contribution in [0.3, 0.4) is 0 Å². The third-order valence-corrected chi connectivity index (χ3v) is 4.22. The molecule has 0 spiro atoms. The lowest BCUT2D eigenvalue weighted by molar-refractivity contribution is -0.144. The van der Waals surface area contributed by atoms with Gasteiger partial charge in [0, 0.05) is 13.1 Å². The molecule has 0 aliphatic carbocycles. The molecule has 0 bridgehead atoms. The van der Waals surface area contributed by atoms with Gasteiger partial charge in [-0.2, -0.15) is 0 Å². The van der Waals surface area contributed by atoms with Crippen molar-refractivity contribution in [2.24, 2.45) is 5.92 Å². The van der Waals surface area contributed by atoms with Crippen LogP contribution in [0.5, 0.6) is 0 Å². The van der Waals surface area contributed by atoms with Gasteiger partial charge in [-0.1, -0.05) is 44.2 Å². The lowest BCUT2D eigenvalue weighted by Crippen LogP contribution is -2.55. The standard InChI is InChI=1S/C16H23NO3/c1-13(2)16(12-15(18)19,14-6-4-3-5-7-14)17-8-10-20-11-9-17/h3-7,13H,8-12H2,1-2H3,(H,18,19). The molecule has 4 heteroatoms. The minimum absolute atomic E-state index is 0.120. The van der Waals surface area contributed by atoms with Gasteiger partial charge in [-0.25, -0.2) is 0 Å². The molecular formula is C16H23NO3. The summed E-state index contributed by atoms with van der Waals surface area (Å²) < 4.78 is 5.43. The first kappa shape index (κ1) is 15.0. The first-order chi connectivity index (χ1) is 9.57. The maximum Gasteiger partial charge on any atom is 0.305 e. The van der Waals surface area contributed by atoms with Crippen molar-refractivity contribution in [1.82, 2.24) is 4.90 Å². The maximum absolute atomic E-state index is 11.5. The van der Waals surface area contributed by atoms with Crippen LogP contribution in [0.25, 0.3) is 0 Å². The highest BCUT2D eigenvalue weighted by Gasteiger charge is 2.43. The van der Waals surface area contributed by atoms with Crippen LogP contribution >= 0.6 is 0 Å². The summed E-state index contributed by atoms with van der Waals surface area (Å²) in [5, 5.41) is 9.43. The molecule has 1 aromatic carbocycles. The SMILES string of the molecule is CC(C)C(CC(=O)O)(c1ccccc1)N1CCOCC1. The van der Waals surface area contributed by atoms with Crippen LogP contribution in [-0.2, 0) is 15.1 Å². The Hall–Kier alpha value is -1.39. The lowest BCUT2D eigenvalue weighted by Gasteiger charge is -2.48. The number of ether oxygens (including phenoxy) is 1. The van der Waals surface area contributed by atoms with Gasteiger partial charge in [-0.05, 0) is 11.5 Å². The molecular weight excluding hydrogens is 254 g/mol. The number of carboxylic acid groups (broad SMARTS) is 1. The van der Waals surface area contributed by atoms with Crippen molar-refractivity contribution in [3.05, 3.63) is 35.9 Å². The number of benzene rings is 1. The summed E-state index contributed by atoms with van der Waals surface area (Å²) in [6.45, 7) is 7.10. The largest absolute Gasteiger partial charge is 0.481 e. The van der Waals surface area contributed by atoms with Crippen LogP contribution in [0.15, 0.2) is 30.3 Å². The molecule has 0 saturated carbocycles. The average Bonchev–Trinajstić information content (AvgIpc) is 2.46. The van der Waals surface area contributed by atoms with E-state index in [1.54, 1.807) is 0 Å². The van der Waals surface area contributed by atoms with Crippen molar-refractivity contribution < 1.29 is 14.6 Å². The molecule has 1 aliphatic heterocycles. The first-order valence-electron chi connectivity index (χ1n) is 7.17. The van der Waals surface area contributed by atoms with E-state index in [1.807, 2.05) is 30.3 Å². The molecule has 1 aromatic rings. The summed E-state index contributed by atoms with van der Waals surface area (Å²) in [7, 11) is 0. The Morgan fingerprint density at radius 1 is 1.30 bits per heavy atom. The molecule has 1 saturated heterocycles. The van der Waals surface area contributed by atoms with E-state index < -0.39 is 11.5 Å². The Balaban J connectivity index is 2.46. The predicted octanol–water partition coefficient (Wildman–Crippen LogP) is 2.34. The van der Waals surface area contributed by atoms with E-state index >= 15 is 0 Å². The van der Waals surface area contributed by atoms with Gasteiger partial charge in [0.1, 0.15) is 0 Å². The minimum Gasteiger partial charge on any atom is -0.481 e. The van der Waals surface area contributed by atoms with Gasteiger partial charge in [0.25, 0.3) is 0 Å². The topological polar surface area (TPSA) is 49.8 Å². The van der Waals surface area contributed by atoms with Gasteiger partial charge in [0.05, 0.1) is 25.2 Å². The molecule has 1 fully saturated rings. The second-order valence-corrected chi connectivity index (χ2v) is 5.61. The molecule has 1 unspecified atom stereocenters. The van der Waals surface area contributed by atoms with E-state index in [0.29, 0.717) is 13.2 Å². The molecule has 4 nitrogen and oxygen atoms in total. The zero-order chi connectivity index (χ0) is 14.6. The quantitative estimate of drug-likeness (QED) is 0.897. The zero-order valence-electron chi connectivity index (χ0n) is 12.2. The van der Waals surface area contributed by atoms with Crippen molar-refractivity contribution in [2.45, 2.75) is 25.8 Å². The van der Waals surface area contributed by atoms with Crippen molar-refractivity contribution in [1.29, 1.82) is 0 Å². The summed E-state index contributed by atoms with van der Waals surface area (Å²) in [6, 6.07) is 10.0. The van der Waals surface area contributed by atoms with Gasteiger partial charge >= 0.3 is 5.97 Å². The van der Waals surface area contributed by atoms with Crippen molar-refractivity contribution >= 4 is 5.97 Å². The highest BCUT2D eigenvalue weighted by Crippen LogP contribution is 2.39. The predicted molar refractivity (Wildman–Crippen MR) is 77.6 cm³/mol. The summed E-state index contributed by atoms with van der Waals surface area (Å²) in [4.78, 5) is 13.8. The maximum atomic E-state index is 11.5.